The molecule has 0 aromatic heterocycles. The van der Waals surface area contributed by atoms with Crippen molar-refractivity contribution in [3.8, 4) is 0 Å². The van der Waals surface area contributed by atoms with Gasteiger partial charge in [-0.3, -0.25) is 14.4 Å². The highest BCUT2D eigenvalue weighted by Crippen LogP contribution is 2.57. The second-order valence-electron chi connectivity index (χ2n) is 6.95. The zero-order valence-electron chi connectivity index (χ0n) is 13.4. The molecule has 5 atom stereocenters. The van der Waals surface area contributed by atoms with Crippen molar-refractivity contribution < 1.29 is 23.9 Å². The van der Waals surface area contributed by atoms with Gasteiger partial charge in [0.1, 0.15) is 6.10 Å². The van der Waals surface area contributed by atoms with Crippen LogP contribution in [0.2, 0.25) is 0 Å². The van der Waals surface area contributed by atoms with E-state index in [1.807, 2.05) is 25.1 Å². The Morgan fingerprint density at radius 3 is 2.96 bits per heavy atom. The molecular weight excluding hydrogens is 310 g/mol. The molecule has 1 aliphatic heterocycles. The third-order valence-corrected chi connectivity index (χ3v) is 5.40. The van der Waals surface area contributed by atoms with E-state index in [0.29, 0.717) is 5.69 Å². The predicted molar refractivity (Wildman–Crippen MR) is 83.8 cm³/mol. The van der Waals surface area contributed by atoms with E-state index in [4.69, 9.17) is 9.47 Å². The quantitative estimate of drug-likeness (QED) is 0.850. The van der Waals surface area contributed by atoms with E-state index in [-0.39, 0.29) is 42.3 Å². The number of rotatable bonds is 4. The first-order valence-electron chi connectivity index (χ1n) is 8.26. The maximum atomic E-state index is 12.4. The molecule has 1 aromatic rings. The van der Waals surface area contributed by atoms with Gasteiger partial charge < -0.3 is 14.8 Å². The minimum atomic E-state index is -0.454. The number of amides is 1. The topological polar surface area (TPSA) is 81.7 Å². The molecule has 4 rings (SSSR count). The lowest BCUT2D eigenvalue weighted by atomic mass is 9.80. The molecule has 1 aromatic carbocycles. The van der Waals surface area contributed by atoms with Crippen molar-refractivity contribution in [1.29, 1.82) is 0 Å². The number of hydrogen-bond donors (Lipinski definition) is 1. The summed E-state index contributed by atoms with van der Waals surface area (Å²) < 4.78 is 10.5. The number of aryl methyl sites for hydroxylation is 1. The Balaban J connectivity index is 1.34. The molecule has 3 fully saturated rings. The number of anilines is 1. The van der Waals surface area contributed by atoms with Gasteiger partial charge in [0, 0.05) is 11.6 Å². The van der Waals surface area contributed by atoms with Crippen LogP contribution in [0.3, 0.4) is 0 Å². The Kier molecular flexibility index (Phi) is 3.55. The van der Waals surface area contributed by atoms with Crippen LogP contribution in [-0.4, -0.2) is 30.6 Å². The molecule has 3 aliphatic rings. The van der Waals surface area contributed by atoms with Gasteiger partial charge in [0.25, 0.3) is 5.91 Å². The molecule has 24 heavy (non-hydrogen) atoms. The van der Waals surface area contributed by atoms with Gasteiger partial charge >= 0.3 is 11.9 Å². The average molecular weight is 329 g/mol. The van der Waals surface area contributed by atoms with Crippen molar-refractivity contribution in [3.63, 3.8) is 0 Å². The number of fused-ring (bicyclic) bond motifs is 1. The molecule has 2 saturated carbocycles. The number of carbonyl (C=O) groups is 3. The van der Waals surface area contributed by atoms with Crippen molar-refractivity contribution in [3.05, 3.63) is 29.8 Å². The van der Waals surface area contributed by atoms with Crippen molar-refractivity contribution in [2.75, 3.05) is 11.9 Å². The SMILES string of the molecule is Cc1cccc(NC(=O)COC(=O)[C@@H]2[C@@H]3C[C@H]4[C@@H]2C(=O)O[C@@H]4C3)c1. The van der Waals surface area contributed by atoms with Crippen LogP contribution in [0, 0.1) is 30.6 Å². The Morgan fingerprint density at radius 1 is 1.33 bits per heavy atom. The van der Waals surface area contributed by atoms with Crippen molar-refractivity contribution >= 4 is 23.5 Å². The summed E-state index contributed by atoms with van der Waals surface area (Å²) >= 11 is 0. The molecule has 0 unspecified atom stereocenters. The summed E-state index contributed by atoms with van der Waals surface area (Å²) in [6, 6.07) is 7.38. The number of nitrogens with one attached hydrogen (secondary N) is 1. The fourth-order valence-corrected chi connectivity index (χ4v) is 4.48. The zero-order chi connectivity index (χ0) is 16.8. The first kappa shape index (κ1) is 15.2. The lowest BCUT2D eigenvalue weighted by molar-refractivity contribution is -0.157. The molecule has 2 aliphatic carbocycles. The van der Waals surface area contributed by atoms with Crippen molar-refractivity contribution in [2.24, 2.45) is 23.7 Å². The molecule has 1 heterocycles. The van der Waals surface area contributed by atoms with E-state index in [1.165, 1.54) is 0 Å². The highest BCUT2D eigenvalue weighted by Gasteiger charge is 2.64. The van der Waals surface area contributed by atoms with E-state index in [2.05, 4.69) is 5.32 Å². The first-order chi connectivity index (χ1) is 11.5. The van der Waals surface area contributed by atoms with Gasteiger partial charge in [0.15, 0.2) is 6.61 Å². The van der Waals surface area contributed by atoms with Crippen molar-refractivity contribution in [1.82, 2.24) is 0 Å². The summed E-state index contributed by atoms with van der Waals surface area (Å²) in [4.78, 5) is 36.2. The molecule has 0 radical (unpaired) electrons. The van der Waals surface area contributed by atoms with Crippen molar-refractivity contribution in [2.45, 2.75) is 25.9 Å². The second kappa shape index (κ2) is 5.61. The molecule has 1 N–H and O–H groups in total. The van der Waals surface area contributed by atoms with Gasteiger partial charge in [-0.1, -0.05) is 12.1 Å². The Morgan fingerprint density at radius 2 is 2.17 bits per heavy atom. The van der Waals surface area contributed by atoms with Crippen LogP contribution < -0.4 is 5.32 Å². The summed E-state index contributed by atoms with van der Waals surface area (Å²) in [6.07, 6.45) is 1.57. The van der Waals surface area contributed by atoms with E-state index >= 15 is 0 Å². The Labute approximate surface area is 139 Å². The number of benzene rings is 1. The Hall–Kier alpha value is -2.37. The highest BCUT2D eigenvalue weighted by atomic mass is 16.6. The standard InChI is InChI=1S/C18H19NO5/c1-9-3-2-4-11(5-9)19-14(20)8-23-17(21)15-10-6-12-13(7-10)24-18(22)16(12)15/h2-5,10,12-13,15-16H,6-8H2,1H3,(H,19,20)/t10-,12-,13-,15-,16+/m1/s1. The molecule has 0 spiro atoms. The lowest BCUT2D eigenvalue weighted by Crippen LogP contribution is -2.34. The predicted octanol–water partition coefficient (Wildman–Crippen LogP) is 1.67. The molecule has 6 heteroatoms. The molecule has 1 saturated heterocycles. The fraction of sp³-hybridized carbons (Fsp3) is 0.500. The van der Waals surface area contributed by atoms with Crippen LogP contribution in [0.1, 0.15) is 18.4 Å². The number of ether oxygens (including phenoxy) is 2. The van der Waals surface area contributed by atoms with Crippen LogP contribution in [0.5, 0.6) is 0 Å². The lowest BCUT2D eigenvalue weighted by Gasteiger charge is -2.22. The van der Waals surface area contributed by atoms with Gasteiger partial charge in [-0.25, -0.2) is 0 Å². The third-order valence-electron chi connectivity index (χ3n) is 5.40. The smallest absolute Gasteiger partial charge is 0.310 e. The first-order valence-corrected chi connectivity index (χ1v) is 8.26. The van der Waals surface area contributed by atoms with Crippen LogP contribution >= 0.6 is 0 Å². The molecular formula is C18H19NO5. The minimum absolute atomic E-state index is 0.0128. The van der Waals surface area contributed by atoms with Crippen LogP contribution in [-0.2, 0) is 23.9 Å². The molecule has 1 amide bonds. The van der Waals surface area contributed by atoms with E-state index in [0.717, 1.165) is 18.4 Å². The summed E-state index contributed by atoms with van der Waals surface area (Å²) in [5.41, 5.74) is 1.69. The van der Waals surface area contributed by atoms with Gasteiger partial charge in [-0.15, -0.1) is 0 Å². The minimum Gasteiger partial charge on any atom is -0.462 e. The van der Waals surface area contributed by atoms with E-state index < -0.39 is 11.9 Å². The third kappa shape index (κ3) is 2.46. The normalized spacial score (nSPS) is 32.5. The number of hydrogen-bond acceptors (Lipinski definition) is 5. The monoisotopic (exact) mass is 329 g/mol. The van der Waals surface area contributed by atoms with Crippen LogP contribution in [0.4, 0.5) is 5.69 Å². The molecule has 2 bridgehead atoms. The molecule has 6 nitrogen and oxygen atoms in total. The fourth-order valence-electron chi connectivity index (χ4n) is 4.48. The van der Waals surface area contributed by atoms with Gasteiger partial charge in [-0.2, -0.15) is 0 Å². The van der Waals surface area contributed by atoms with Crippen LogP contribution in [0.15, 0.2) is 24.3 Å². The van der Waals surface area contributed by atoms with Gasteiger partial charge in [0.05, 0.1) is 11.8 Å². The largest absolute Gasteiger partial charge is 0.462 e. The summed E-state index contributed by atoms with van der Waals surface area (Å²) in [6.45, 7) is 1.59. The number of carbonyl (C=O) groups excluding carboxylic acids is 3. The maximum Gasteiger partial charge on any atom is 0.310 e. The van der Waals surface area contributed by atoms with E-state index in [9.17, 15) is 14.4 Å². The second-order valence-corrected chi connectivity index (χ2v) is 6.95. The molecule has 126 valence electrons. The van der Waals surface area contributed by atoms with E-state index in [1.54, 1.807) is 6.07 Å². The van der Waals surface area contributed by atoms with Gasteiger partial charge in [0.2, 0.25) is 0 Å². The summed E-state index contributed by atoms with van der Waals surface area (Å²) in [7, 11) is 0. The Bertz CT molecular complexity index is 713. The maximum absolute atomic E-state index is 12.4. The van der Waals surface area contributed by atoms with Gasteiger partial charge in [-0.05, 0) is 43.4 Å². The zero-order valence-corrected chi connectivity index (χ0v) is 13.4. The summed E-state index contributed by atoms with van der Waals surface area (Å²) in [5.74, 6) is -1.65. The average Bonchev–Trinajstić information content (AvgIpc) is 3.14. The number of esters is 2. The van der Waals surface area contributed by atoms with Crippen LogP contribution in [0.25, 0.3) is 0 Å². The summed E-state index contributed by atoms with van der Waals surface area (Å²) in [5, 5.41) is 2.70. The highest BCUT2D eigenvalue weighted by molar-refractivity contribution is 5.93.